The Morgan fingerprint density at radius 3 is 2.83 bits per heavy atom. The Morgan fingerprint density at radius 1 is 1.29 bits per heavy atom. The second-order valence-electron chi connectivity index (χ2n) is 5.65. The molecule has 0 spiro atoms. The standard InChI is InChI=1S/C17H19FN4O2/c1-24-15-8-12(18)2-3-13(15)14-9-16(21-10-20-14)22-17(23)11-4-6-19-7-5-11/h2-3,8-11,19H,4-7H2,1H3,(H,20,21,22,23). The third-order valence-electron chi connectivity index (χ3n) is 4.07. The van der Waals surface area contributed by atoms with Crippen molar-refractivity contribution < 1.29 is 13.9 Å². The van der Waals surface area contributed by atoms with Crippen LogP contribution < -0.4 is 15.4 Å². The number of carbonyl (C=O) groups is 1. The van der Waals surface area contributed by atoms with Crippen LogP contribution in [0.15, 0.2) is 30.6 Å². The van der Waals surface area contributed by atoms with Gasteiger partial charge in [-0.2, -0.15) is 0 Å². The van der Waals surface area contributed by atoms with E-state index in [2.05, 4.69) is 20.6 Å². The van der Waals surface area contributed by atoms with Gasteiger partial charge in [0.2, 0.25) is 5.91 Å². The SMILES string of the molecule is COc1cc(F)ccc1-c1cc(NC(=O)C2CCNCC2)ncn1. The molecule has 1 aliphatic heterocycles. The second kappa shape index (κ2) is 7.35. The van der Waals surface area contributed by atoms with Gasteiger partial charge in [0.1, 0.15) is 23.7 Å². The molecule has 1 aliphatic rings. The Bertz CT molecular complexity index is 732. The molecule has 0 bridgehead atoms. The minimum atomic E-state index is -0.385. The van der Waals surface area contributed by atoms with E-state index in [-0.39, 0.29) is 17.6 Å². The number of ether oxygens (including phenoxy) is 1. The van der Waals surface area contributed by atoms with E-state index in [0.29, 0.717) is 22.8 Å². The molecule has 0 aliphatic carbocycles. The molecule has 0 unspecified atom stereocenters. The number of rotatable bonds is 4. The van der Waals surface area contributed by atoms with Crippen LogP contribution in [-0.4, -0.2) is 36.1 Å². The predicted octanol–water partition coefficient (Wildman–Crippen LogP) is 2.23. The fraction of sp³-hybridized carbons (Fsp3) is 0.353. The number of anilines is 1. The highest BCUT2D eigenvalue weighted by atomic mass is 19.1. The zero-order valence-corrected chi connectivity index (χ0v) is 13.4. The highest BCUT2D eigenvalue weighted by Crippen LogP contribution is 2.30. The Morgan fingerprint density at radius 2 is 2.08 bits per heavy atom. The van der Waals surface area contributed by atoms with Crippen LogP contribution in [0.1, 0.15) is 12.8 Å². The van der Waals surface area contributed by atoms with Crippen molar-refractivity contribution in [1.82, 2.24) is 15.3 Å². The molecular formula is C17H19FN4O2. The van der Waals surface area contributed by atoms with Crippen molar-refractivity contribution in [3.05, 3.63) is 36.4 Å². The van der Waals surface area contributed by atoms with Gasteiger partial charge in [-0.05, 0) is 38.1 Å². The number of nitrogens with zero attached hydrogens (tertiary/aromatic N) is 2. The molecule has 6 nitrogen and oxygen atoms in total. The van der Waals surface area contributed by atoms with E-state index in [4.69, 9.17) is 4.74 Å². The fourth-order valence-corrected chi connectivity index (χ4v) is 2.76. The first-order chi connectivity index (χ1) is 11.7. The summed E-state index contributed by atoms with van der Waals surface area (Å²) >= 11 is 0. The van der Waals surface area contributed by atoms with E-state index in [1.54, 1.807) is 12.1 Å². The van der Waals surface area contributed by atoms with Crippen LogP contribution in [0.2, 0.25) is 0 Å². The van der Waals surface area contributed by atoms with Crippen molar-refractivity contribution in [3.63, 3.8) is 0 Å². The zero-order valence-electron chi connectivity index (χ0n) is 13.4. The van der Waals surface area contributed by atoms with Gasteiger partial charge in [-0.3, -0.25) is 4.79 Å². The van der Waals surface area contributed by atoms with Gasteiger partial charge in [-0.15, -0.1) is 0 Å². The number of amides is 1. The van der Waals surface area contributed by atoms with Gasteiger partial charge in [0.15, 0.2) is 0 Å². The molecule has 24 heavy (non-hydrogen) atoms. The summed E-state index contributed by atoms with van der Waals surface area (Å²) in [7, 11) is 1.47. The largest absolute Gasteiger partial charge is 0.496 e. The molecule has 0 saturated carbocycles. The van der Waals surface area contributed by atoms with Gasteiger partial charge >= 0.3 is 0 Å². The first kappa shape index (κ1) is 16.3. The van der Waals surface area contributed by atoms with Crippen molar-refractivity contribution in [1.29, 1.82) is 0 Å². The van der Waals surface area contributed by atoms with E-state index in [1.807, 2.05) is 0 Å². The minimum absolute atomic E-state index is 0.00924. The van der Waals surface area contributed by atoms with Crippen LogP contribution >= 0.6 is 0 Å². The molecule has 0 atom stereocenters. The molecule has 2 heterocycles. The fourth-order valence-electron chi connectivity index (χ4n) is 2.76. The summed E-state index contributed by atoms with van der Waals surface area (Å²) < 4.78 is 18.5. The molecule has 2 aromatic rings. The smallest absolute Gasteiger partial charge is 0.228 e. The highest BCUT2D eigenvalue weighted by molar-refractivity contribution is 5.92. The number of carbonyl (C=O) groups excluding carboxylic acids is 1. The van der Waals surface area contributed by atoms with Gasteiger partial charge in [0, 0.05) is 23.6 Å². The van der Waals surface area contributed by atoms with Crippen LogP contribution in [0.25, 0.3) is 11.3 Å². The number of hydrogen-bond acceptors (Lipinski definition) is 5. The Labute approximate surface area is 139 Å². The monoisotopic (exact) mass is 330 g/mol. The van der Waals surface area contributed by atoms with Crippen LogP contribution in [-0.2, 0) is 4.79 Å². The normalized spacial score (nSPS) is 15.1. The average Bonchev–Trinajstić information content (AvgIpc) is 2.62. The Hall–Kier alpha value is -2.54. The van der Waals surface area contributed by atoms with E-state index < -0.39 is 0 Å². The maximum atomic E-state index is 13.3. The molecule has 1 fully saturated rings. The van der Waals surface area contributed by atoms with Crippen LogP contribution in [0.5, 0.6) is 5.75 Å². The number of methoxy groups -OCH3 is 1. The summed E-state index contributed by atoms with van der Waals surface area (Å²) in [6, 6.07) is 5.89. The van der Waals surface area contributed by atoms with Crippen LogP contribution in [0.3, 0.4) is 0 Å². The summed E-state index contributed by atoms with van der Waals surface area (Å²) in [5, 5.41) is 6.07. The van der Waals surface area contributed by atoms with Gasteiger partial charge in [0.25, 0.3) is 0 Å². The maximum Gasteiger partial charge on any atom is 0.228 e. The van der Waals surface area contributed by atoms with Gasteiger partial charge < -0.3 is 15.4 Å². The summed E-state index contributed by atoms with van der Waals surface area (Å²) in [6.45, 7) is 1.69. The third-order valence-corrected chi connectivity index (χ3v) is 4.07. The van der Waals surface area contributed by atoms with Crippen molar-refractivity contribution >= 4 is 11.7 Å². The number of halogens is 1. The zero-order chi connectivity index (χ0) is 16.9. The van der Waals surface area contributed by atoms with Crippen molar-refractivity contribution in [2.24, 2.45) is 5.92 Å². The summed E-state index contributed by atoms with van der Waals surface area (Å²) in [5.41, 5.74) is 1.20. The molecule has 1 aromatic carbocycles. The highest BCUT2D eigenvalue weighted by Gasteiger charge is 2.21. The van der Waals surface area contributed by atoms with Crippen LogP contribution in [0, 0.1) is 11.7 Å². The molecule has 1 amide bonds. The van der Waals surface area contributed by atoms with E-state index in [0.717, 1.165) is 25.9 Å². The lowest BCUT2D eigenvalue weighted by Crippen LogP contribution is -2.34. The molecule has 0 radical (unpaired) electrons. The lowest BCUT2D eigenvalue weighted by atomic mass is 9.97. The van der Waals surface area contributed by atoms with Crippen molar-refractivity contribution in [2.75, 3.05) is 25.5 Å². The number of benzene rings is 1. The van der Waals surface area contributed by atoms with Crippen molar-refractivity contribution in [2.45, 2.75) is 12.8 Å². The molecule has 2 N–H and O–H groups in total. The quantitative estimate of drug-likeness (QED) is 0.899. The van der Waals surface area contributed by atoms with Crippen molar-refractivity contribution in [3.8, 4) is 17.0 Å². The second-order valence-corrected chi connectivity index (χ2v) is 5.65. The molecular weight excluding hydrogens is 311 g/mol. The summed E-state index contributed by atoms with van der Waals surface area (Å²) in [5.74, 6) is 0.376. The predicted molar refractivity (Wildman–Crippen MR) is 88.2 cm³/mol. The molecule has 126 valence electrons. The van der Waals surface area contributed by atoms with Gasteiger partial charge in [-0.25, -0.2) is 14.4 Å². The molecule has 7 heteroatoms. The average molecular weight is 330 g/mol. The van der Waals surface area contributed by atoms with E-state index in [9.17, 15) is 9.18 Å². The first-order valence-corrected chi connectivity index (χ1v) is 7.85. The lowest BCUT2D eigenvalue weighted by Gasteiger charge is -2.21. The number of piperidine rings is 1. The van der Waals surface area contributed by atoms with E-state index >= 15 is 0 Å². The Balaban J connectivity index is 1.80. The van der Waals surface area contributed by atoms with Crippen LogP contribution in [0.4, 0.5) is 10.2 Å². The topological polar surface area (TPSA) is 76.1 Å². The molecule has 1 aromatic heterocycles. The minimum Gasteiger partial charge on any atom is -0.496 e. The molecule has 1 saturated heterocycles. The van der Waals surface area contributed by atoms with Gasteiger partial charge in [0.05, 0.1) is 12.8 Å². The first-order valence-electron chi connectivity index (χ1n) is 7.85. The third kappa shape index (κ3) is 3.68. The molecule has 3 rings (SSSR count). The summed E-state index contributed by atoms with van der Waals surface area (Å²) in [6.07, 6.45) is 3.00. The Kier molecular flexibility index (Phi) is 5.00. The lowest BCUT2D eigenvalue weighted by molar-refractivity contribution is -0.120. The van der Waals surface area contributed by atoms with Gasteiger partial charge in [-0.1, -0.05) is 0 Å². The van der Waals surface area contributed by atoms with E-state index in [1.165, 1.54) is 25.6 Å². The number of aromatic nitrogens is 2. The summed E-state index contributed by atoms with van der Waals surface area (Å²) in [4.78, 5) is 20.6. The number of nitrogens with one attached hydrogen (secondary N) is 2. The number of hydrogen-bond donors (Lipinski definition) is 2. The maximum absolute atomic E-state index is 13.3.